The summed E-state index contributed by atoms with van der Waals surface area (Å²) in [6.07, 6.45) is 68.8. The number of unbranched alkanes of at least 4 members (excludes halogenated alkanes) is 42. The van der Waals surface area contributed by atoms with E-state index in [-0.39, 0.29) is 32.0 Å². The largest absolute Gasteiger partial charge is 0.472 e. The molecule has 74 heavy (non-hydrogen) atoms. The summed E-state index contributed by atoms with van der Waals surface area (Å²) < 4.78 is 34.5. The molecule has 2 atom stereocenters. The van der Waals surface area contributed by atoms with Crippen LogP contribution in [0.15, 0.2) is 24.3 Å². The smallest absolute Gasteiger partial charge is 0.462 e. The average Bonchev–Trinajstić information content (AvgIpc) is 3.36. The Labute approximate surface area is 459 Å². The lowest BCUT2D eigenvalue weighted by Gasteiger charge is -2.24. The van der Waals surface area contributed by atoms with Crippen LogP contribution in [0.3, 0.4) is 0 Å². The van der Waals surface area contributed by atoms with Crippen LogP contribution < -0.4 is 0 Å². The summed E-state index contributed by atoms with van der Waals surface area (Å²) in [5.74, 6) is -0.795. The van der Waals surface area contributed by atoms with Crippen molar-refractivity contribution in [3.05, 3.63) is 24.3 Å². The summed E-state index contributed by atoms with van der Waals surface area (Å²) in [4.78, 5) is 35.6. The van der Waals surface area contributed by atoms with Gasteiger partial charge in [-0.05, 0) is 57.8 Å². The summed E-state index contributed by atoms with van der Waals surface area (Å²) in [6.45, 7) is 4.42. The molecule has 0 aromatic carbocycles. The van der Waals surface area contributed by atoms with E-state index < -0.39 is 26.5 Å². The van der Waals surface area contributed by atoms with Crippen LogP contribution >= 0.6 is 7.82 Å². The van der Waals surface area contributed by atoms with Gasteiger partial charge in [0.1, 0.15) is 19.8 Å². The Morgan fingerprint density at radius 1 is 0.405 bits per heavy atom. The number of likely N-dealkylation sites (N-methyl/N-ethyl adjacent to an activating group) is 1. The number of hydrogen-bond donors (Lipinski definition) is 1. The molecule has 0 heterocycles. The highest BCUT2D eigenvalue weighted by atomic mass is 31.2. The molecule has 0 aromatic rings. The van der Waals surface area contributed by atoms with Crippen LogP contribution in [-0.4, -0.2) is 74.9 Å². The van der Waals surface area contributed by atoms with Gasteiger partial charge >= 0.3 is 19.8 Å². The third-order valence-electron chi connectivity index (χ3n) is 14.5. The van der Waals surface area contributed by atoms with Crippen LogP contribution in [0.25, 0.3) is 0 Å². The molecular weight excluding hydrogens is 942 g/mol. The van der Waals surface area contributed by atoms with Gasteiger partial charge in [0.2, 0.25) is 0 Å². The monoisotopic (exact) mass is 1070 g/mol. The van der Waals surface area contributed by atoms with Gasteiger partial charge in [0.25, 0.3) is 0 Å². The van der Waals surface area contributed by atoms with E-state index in [0.29, 0.717) is 17.4 Å². The quantitative estimate of drug-likeness (QED) is 0.0211. The van der Waals surface area contributed by atoms with Crippen LogP contribution in [0.1, 0.15) is 322 Å². The van der Waals surface area contributed by atoms with Crippen molar-refractivity contribution >= 4 is 19.8 Å². The number of phosphoric ester groups is 1. The maximum absolute atomic E-state index is 12.8. The summed E-state index contributed by atoms with van der Waals surface area (Å²) in [5.41, 5.74) is 0. The minimum absolute atomic E-state index is 0.0332. The van der Waals surface area contributed by atoms with Crippen LogP contribution in [0.2, 0.25) is 0 Å². The van der Waals surface area contributed by atoms with Crippen LogP contribution in [0.4, 0.5) is 0 Å². The molecule has 0 rings (SSSR count). The van der Waals surface area contributed by atoms with Crippen molar-refractivity contribution in [2.45, 2.75) is 328 Å². The minimum Gasteiger partial charge on any atom is -0.462 e. The zero-order chi connectivity index (χ0) is 54.2. The fourth-order valence-electron chi connectivity index (χ4n) is 9.47. The standard InChI is InChI=1S/C64H124NO8P/c1-6-8-10-12-14-16-18-19-20-21-22-23-24-25-26-27-28-29-30-31-32-33-34-35-36-37-38-39-40-41-42-43-44-45-47-49-51-53-55-57-64(67)73-62(61-72-74(68,69)71-59-58-65(3,4)5)60-70-63(66)56-54-52-50-48-46-17-15-13-11-9-7-2/h13,15,21-22,62H,6-12,14,16-20,23-61H2,1-5H3/p+1/b15-13-,22-21-. The normalized spacial score (nSPS) is 13.3. The van der Waals surface area contributed by atoms with Crippen LogP contribution in [0, 0.1) is 0 Å². The first-order valence-electron chi connectivity index (χ1n) is 32.1. The Bertz CT molecular complexity index is 1300. The molecule has 2 unspecified atom stereocenters. The van der Waals surface area contributed by atoms with Gasteiger partial charge in [-0.15, -0.1) is 0 Å². The lowest BCUT2D eigenvalue weighted by atomic mass is 10.0. The second-order valence-corrected chi connectivity index (χ2v) is 24.6. The Morgan fingerprint density at radius 2 is 0.703 bits per heavy atom. The average molecular weight is 1070 g/mol. The predicted octanol–water partition coefficient (Wildman–Crippen LogP) is 20.2. The molecule has 0 amide bonds. The predicted molar refractivity (Wildman–Crippen MR) is 317 cm³/mol. The summed E-state index contributed by atoms with van der Waals surface area (Å²) >= 11 is 0. The number of phosphoric acid groups is 1. The second kappa shape index (κ2) is 56.2. The number of ether oxygens (including phenoxy) is 2. The van der Waals surface area contributed by atoms with Gasteiger partial charge < -0.3 is 18.9 Å². The van der Waals surface area contributed by atoms with Crippen LogP contribution in [-0.2, 0) is 32.7 Å². The maximum atomic E-state index is 12.8. The molecule has 0 fully saturated rings. The zero-order valence-electron chi connectivity index (χ0n) is 49.9. The Kier molecular flexibility index (Phi) is 55.1. The first-order valence-corrected chi connectivity index (χ1v) is 33.6. The summed E-state index contributed by atoms with van der Waals surface area (Å²) in [7, 11) is 1.49. The van der Waals surface area contributed by atoms with E-state index in [4.69, 9.17) is 18.5 Å². The molecule has 0 saturated carbocycles. The van der Waals surface area contributed by atoms with Crippen LogP contribution in [0.5, 0.6) is 0 Å². The van der Waals surface area contributed by atoms with Gasteiger partial charge in [0.15, 0.2) is 6.10 Å². The molecule has 9 nitrogen and oxygen atoms in total. The SMILES string of the molecule is CCCC/C=C\CCCCCCCC(=O)OCC(COP(=O)(O)OCC[N+](C)(C)C)OC(=O)CCCCCCCCCCCCCCCCCCCCCCCCCCCCC/C=C\CCCCCCCCCC. The number of rotatable bonds is 60. The summed E-state index contributed by atoms with van der Waals surface area (Å²) in [5, 5.41) is 0. The Hall–Kier alpha value is -1.51. The number of quaternary nitrogens is 1. The third-order valence-corrected chi connectivity index (χ3v) is 15.4. The molecule has 0 radical (unpaired) electrons. The first kappa shape index (κ1) is 72.5. The number of carbonyl (C=O) groups is 2. The zero-order valence-corrected chi connectivity index (χ0v) is 50.8. The van der Waals surface area contributed by atoms with Crippen molar-refractivity contribution in [3.63, 3.8) is 0 Å². The lowest BCUT2D eigenvalue weighted by molar-refractivity contribution is -0.870. The number of allylic oxidation sites excluding steroid dienone is 4. The molecule has 0 aliphatic rings. The van der Waals surface area contributed by atoms with E-state index in [1.54, 1.807) is 0 Å². The number of nitrogens with zero attached hydrogens (tertiary/aromatic N) is 1. The molecule has 1 N–H and O–H groups in total. The van der Waals surface area contributed by atoms with E-state index in [1.165, 1.54) is 231 Å². The third kappa shape index (κ3) is 59.7. The van der Waals surface area contributed by atoms with Gasteiger partial charge in [-0.3, -0.25) is 18.6 Å². The van der Waals surface area contributed by atoms with Crippen molar-refractivity contribution in [1.29, 1.82) is 0 Å². The first-order chi connectivity index (χ1) is 36.0. The van der Waals surface area contributed by atoms with Gasteiger partial charge in [0, 0.05) is 12.8 Å². The van der Waals surface area contributed by atoms with Crippen molar-refractivity contribution in [3.8, 4) is 0 Å². The number of esters is 2. The fraction of sp³-hybridized carbons (Fsp3) is 0.906. The highest BCUT2D eigenvalue weighted by Crippen LogP contribution is 2.43. The molecule has 10 heteroatoms. The van der Waals surface area contributed by atoms with Gasteiger partial charge in [-0.25, -0.2) is 4.57 Å². The van der Waals surface area contributed by atoms with E-state index in [9.17, 15) is 19.0 Å². The van der Waals surface area contributed by atoms with Crippen molar-refractivity contribution in [2.24, 2.45) is 0 Å². The van der Waals surface area contributed by atoms with E-state index in [1.807, 2.05) is 21.1 Å². The fourth-order valence-corrected chi connectivity index (χ4v) is 10.2. The highest BCUT2D eigenvalue weighted by Gasteiger charge is 2.27. The summed E-state index contributed by atoms with van der Waals surface area (Å²) in [6, 6.07) is 0. The Balaban J connectivity index is 3.81. The topological polar surface area (TPSA) is 108 Å². The number of hydrogen-bond acceptors (Lipinski definition) is 7. The highest BCUT2D eigenvalue weighted by molar-refractivity contribution is 7.47. The van der Waals surface area contributed by atoms with Gasteiger partial charge in [-0.2, -0.15) is 0 Å². The minimum atomic E-state index is -4.38. The van der Waals surface area contributed by atoms with E-state index in [0.717, 1.165) is 57.8 Å². The molecule has 0 bridgehead atoms. The van der Waals surface area contributed by atoms with Gasteiger partial charge in [0.05, 0.1) is 27.7 Å². The van der Waals surface area contributed by atoms with Crippen molar-refractivity contribution in [1.82, 2.24) is 0 Å². The lowest BCUT2D eigenvalue weighted by Crippen LogP contribution is -2.37. The molecule has 438 valence electrons. The molecule has 0 saturated heterocycles. The van der Waals surface area contributed by atoms with E-state index >= 15 is 0 Å². The van der Waals surface area contributed by atoms with Gasteiger partial charge in [-0.1, -0.05) is 276 Å². The molecule has 0 aromatic heterocycles. The molecule has 0 aliphatic heterocycles. The second-order valence-electron chi connectivity index (χ2n) is 23.1. The molecule has 0 spiro atoms. The molecule has 0 aliphatic carbocycles. The number of carbonyl (C=O) groups excluding carboxylic acids is 2. The van der Waals surface area contributed by atoms with Crippen molar-refractivity contribution in [2.75, 3.05) is 47.5 Å². The van der Waals surface area contributed by atoms with Crippen molar-refractivity contribution < 1.29 is 42.1 Å². The van der Waals surface area contributed by atoms with E-state index in [2.05, 4.69) is 38.2 Å². The maximum Gasteiger partial charge on any atom is 0.472 e. The Morgan fingerprint density at radius 3 is 1.04 bits per heavy atom. The molecular formula is C64H125NO8P+.